The maximum atomic E-state index is 12.2. The molecule has 0 unspecified atom stereocenters. The lowest BCUT2D eigenvalue weighted by Crippen LogP contribution is -2.22. The lowest BCUT2D eigenvalue weighted by molar-refractivity contribution is -0.137. The maximum absolute atomic E-state index is 12.2. The molecule has 0 aromatic carbocycles. The van der Waals surface area contributed by atoms with Crippen molar-refractivity contribution in [2.45, 2.75) is 37.4 Å². The highest BCUT2D eigenvalue weighted by atomic mass is 19.4. The molecule has 2 rings (SSSR count). The van der Waals surface area contributed by atoms with Gasteiger partial charge in [0.05, 0.1) is 5.56 Å². The Kier molecular flexibility index (Phi) is 2.66. The number of halogens is 3. The van der Waals surface area contributed by atoms with E-state index in [2.05, 4.69) is 4.98 Å². The van der Waals surface area contributed by atoms with E-state index in [0.717, 1.165) is 31.5 Å². The van der Waals surface area contributed by atoms with Crippen molar-refractivity contribution in [3.05, 3.63) is 29.6 Å². The standard InChI is InChI=1S/C11H13F3N2/c12-11(13,14)8-1-2-9(16-7-8)3-4-10(15)5-6-10/h1-2,7H,3-6,15H2. The van der Waals surface area contributed by atoms with Crippen LogP contribution in [0.4, 0.5) is 13.2 Å². The summed E-state index contributed by atoms with van der Waals surface area (Å²) in [6.45, 7) is 0. The molecule has 16 heavy (non-hydrogen) atoms. The molecular weight excluding hydrogens is 217 g/mol. The summed E-state index contributed by atoms with van der Waals surface area (Å²) in [5.41, 5.74) is 5.77. The first-order chi connectivity index (χ1) is 7.39. The fourth-order valence-corrected chi connectivity index (χ4v) is 1.53. The first kappa shape index (κ1) is 11.4. The minimum Gasteiger partial charge on any atom is -0.325 e. The number of rotatable bonds is 3. The highest BCUT2D eigenvalue weighted by Gasteiger charge is 2.37. The fourth-order valence-electron chi connectivity index (χ4n) is 1.53. The van der Waals surface area contributed by atoms with Crippen LogP contribution in [0.5, 0.6) is 0 Å². The van der Waals surface area contributed by atoms with Crippen LogP contribution in [-0.4, -0.2) is 10.5 Å². The van der Waals surface area contributed by atoms with E-state index in [4.69, 9.17) is 5.73 Å². The summed E-state index contributed by atoms with van der Waals surface area (Å²) in [5, 5.41) is 0. The third kappa shape index (κ3) is 2.72. The van der Waals surface area contributed by atoms with Crippen LogP contribution in [0.3, 0.4) is 0 Å². The lowest BCUT2D eigenvalue weighted by Gasteiger charge is -2.09. The smallest absolute Gasteiger partial charge is 0.325 e. The molecule has 0 amide bonds. The number of hydrogen-bond donors (Lipinski definition) is 1. The van der Waals surface area contributed by atoms with Crippen molar-refractivity contribution in [2.24, 2.45) is 5.73 Å². The highest BCUT2D eigenvalue weighted by Crippen LogP contribution is 2.36. The van der Waals surface area contributed by atoms with Gasteiger partial charge in [0.25, 0.3) is 0 Å². The third-order valence-corrected chi connectivity index (χ3v) is 2.92. The summed E-state index contributed by atoms with van der Waals surface area (Å²) < 4.78 is 36.7. The van der Waals surface area contributed by atoms with Crippen molar-refractivity contribution >= 4 is 0 Å². The molecule has 1 aliphatic rings. The molecule has 0 spiro atoms. The molecule has 1 aliphatic carbocycles. The van der Waals surface area contributed by atoms with Crippen LogP contribution in [0, 0.1) is 0 Å². The van der Waals surface area contributed by atoms with Gasteiger partial charge in [0.2, 0.25) is 0 Å². The van der Waals surface area contributed by atoms with Gasteiger partial charge in [-0.15, -0.1) is 0 Å². The SMILES string of the molecule is NC1(CCc2ccc(C(F)(F)F)cn2)CC1. The molecule has 1 aromatic heterocycles. The Morgan fingerprint density at radius 1 is 1.31 bits per heavy atom. The molecule has 2 nitrogen and oxygen atoms in total. The Labute approximate surface area is 91.7 Å². The summed E-state index contributed by atoms with van der Waals surface area (Å²) >= 11 is 0. The molecule has 2 N–H and O–H groups in total. The number of nitrogens with two attached hydrogens (primary N) is 1. The average Bonchev–Trinajstić information content (AvgIpc) is 2.94. The zero-order valence-corrected chi connectivity index (χ0v) is 8.72. The Bertz CT molecular complexity index is 366. The molecule has 0 saturated heterocycles. The van der Waals surface area contributed by atoms with Crippen LogP contribution >= 0.6 is 0 Å². The Morgan fingerprint density at radius 2 is 2.00 bits per heavy atom. The van der Waals surface area contributed by atoms with Crippen molar-refractivity contribution < 1.29 is 13.2 Å². The minimum atomic E-state index is -4.31. The summed E-state index contributed by atoms with van der Waals surface area (Å²) in [6.07, 6.45) is 0.0316. The molecule has 1 fully saturated rings. The number of hydrogen-bond acceptors (Lipinski definition) is 2. The van der Waals surface area contributed by atoms with Gasteiger partial charge in [-0.3, -0.25) is 4.98 Å². The van der Waals surface area contributed by atoms with Crippen molar-refractivity contribution in [3.8, 4) is 0 Å². The number of aromatic nitrogens is 1. The number of nitrogens with zero attached hydrogens (tertiary/aromatic N) is 1. The molecule has 0 atom stereocenters. The van der Waals surface area contributed by atoms with Crippen LogP contribution in [0.25, 0.3) is 0 Å². The van der Waals surface area contributed by atoms with E-state index in [0.29, 0.717) is 12.1 Å². The molecule has 0 radical (unpaired) electrons. The summed E-state index contributed by atoms with van der Waals surface area (Å²) in [5.74, 6) is 0. The molecule has 0 bridgehead atoms. The van der Waals surface area contributed by atoms with E-state index in [9.17, 15) is 13.2 Å². The largest absolute Gasteiger partial charge is 0.417 e. The Balaban J connectivity index is 1.96. The molecule has 1 saturated carbocycles. The topological polar surface area (TPSA) is 38.9 Å². The van der Waals surface area contributed by atoms with Crippen LogP contribution in [-0.2, 0) is 12.6 Å². The lowest BCUT2D eigenvalue weighted by atomic mass is 10.1. The van der Waals surface area contributed by atoms with Gasteiger partial charge >= 0.3 is 6.18 Å². The average molecular weight is 230 g/mol. The molecular formula is C11H13F3N2. The molecule has 1 heterocycles. The van der Waals surface area contributed by atoms with Gasteiger partial charge in [-0.05, 0) is 37.8 Å². The van der Waals surface area contributed by atoms with E-state index in [1.807, 2.05) is 0 Å². The third-order valence-electron chi connectivity index (χ3n) is 2.92. The summed E-state index contributed by atoms with van der Waals surface area (Å²) in [6, 6.07) is 2.49. The molecule has 1 aromatic rings. The quantitative estimate of drug-likeness (QED) is 0.866. The van der Waals surface area contributed by atoms with Gasteiger partial charge in [-0.2, -0.15) is 13.2 Å². The van der Waals surface area contributed by atoms with Crippen LogP contribution < -0.4 is 5.73 Å². The van der Waals surface area contributed by atoms with Crippen LogP contribution in [0.15, 0.2) is 18.3 Å². The normalized spacial score (nSPS) is 18.5. The molecule has 5 heteroatoms. The first-order valence-electron chi connectivity index (χ1n) is 5.20. The van der Waals surface area contributed by atoms with Gasteiger partial charge in [0.15, 0.2) is 0 Å². The second kappa shape index (κ2) is 3.73. The van der Waals surface area contributed by atoms with Gasteiger partial charge < -0.3 is 5.73 Å². The van der Waals surface area contributed by atoms with Crippen molar-refractivity contribution in [1.29, 1.82) is 0 Å². The predicted molar refractivity (Wildman–Crippen MR) is 53.7 cm³/mol. The summed E-state index contributed by atoms with van der Waals surface area (Å²) in [4.78, 5) is 3.80. The zero-order chi connectivity index (χ0) is 11.8. The second-order valence-electron chi connectivity index (χ2n) is 4.40. The van der Waals surface area contributed by atoms with E-state index >= 15 is 0 Å². The molecule has 88 valence electrons. The fraction of sp³-hybridized carbons (Fsp3) is 0.545. The Morgan fingerprint density at radius 3 is 2.44 bits per heavy atom. The van der Waals surface area contributed by atoms with E-state index in [1.54, 1.807) is 0 Å². The van der Waals surface area contributed by atoms with Crippen molar-refractivity contribution in [1.82, 2.24) is 4.98 Å². The molecule has 0 aliphatic heterocycles. The van der Waals surface area contributed by atoms with Crippen LogP contribution in [0.2, 0.25) is 0 Å². The van der Waals surface area contributed by atoms with E-state index < -0.39 is 11.7 Å². The monoisotopic (exact) mass is 230 g/mol. The predicted octanol–water partition coefficient (Wildman–Crippen LogP) is 2.52. The highest BCUT2D eigenvalue weighted by molar-refractivity contribution is 5.17. The van der Waals surface area contributed by atoms with Crippen molar-refractivity contribution in [3.63, 3.8) is 0 Å². The van der Waals surface area contributed by atoms with Gasteiger partial charge in [-0.1, -0.05) is 0 Å². The number of aryl methyl sites for hydroxylation is 1. The zero-order valence-electron chi connectivity index (χ0n) is 8.72. The van der Waals surface area contributed by atoms with Crippen molar-refractivity contribution in [2.75, 3.05) is 0 Å². The van der Waals surface area contributed by atoms with Gasteiger partial charge in [0.1, 0.15) is 0 Å². The van der Waals surface area contributed by atoms with E-state index in [-0.39, 0.29) is 5.54 Å². The Hall–Kier alpha value is -1.10. The van der Waals surface area contributed by atoms with E-state index in [1.165, 1.54) is 6.07 Å². The van der Waals surface area contributed by atoms with Gasteiger partial charge in [-0.25, -0.2) is 0 Å². The minimum absolute atomic E-state index is 0.0790. The van der Waals surface area contributed by atoms with Crippen LogP contribution in [0.1, 0.15) is 30.5 Å². The first-order valence-corrected chi connectivity index (χ1v) is 5.20. The second-order valence-corrected chi connectivity index (χ2v) is 4.40. The number of pyridine rings is 1. The van der Waals surface area contributed by atoms with Gasteiger partial charge in [0, 0.05) is 17.4 Å². The summed E-state index contributed by atoms with van der Waals surface area (Å²) in [7, 11) is 0. The maximum Gasteiger partial charge on any atom is 0.417 e. The number of alkyl halides is 3.